The van der Waals surface area contributed by atoms with Gasteiger partial charge in [-0.2, -0.15) is 0 Å². The second kappa shape index (κ2) is 10.9. The molecule has 0 N–H and O–H groups in total. The van der Waals surface area contributed by atoms with Gasteiger partial charge in [0.2, 0.25) is 12.7 Å². The third-order valence-electron chi connectivity index (χ3n) is 7.49. The standard InChI is InChI=1S/C28H38N12/c1-19-15-25(21(3)13-23(19)31-33-27-35(5)17-29-37(27)7)39-9-11-40(12-10-39)26-16-20(2)24(14-22(26)4)32-34-28-36(6)18-30-38(28)8/h13-18H,9-12H2,1-8H3/q+2. The Hall–Kier alpha value is -4.48. The van der Waals surface area contributed by atoms with E-state index in [0.29, 0.717) is 11.9 Å². The van der Waals surface area contributed by atoms with Crippen molar-refractivity contribution in [2.24, 2.45) is 48.6 Å². The number of nitrogens with zero attached hydrogens (tertiary/aromatic N) is 12. The van der Waals surface area contributed by atoms with Crippen LogP contribution in [0.4, 0.5) is 34.6 Å². The molecule has 0 radical (unpaired) electrons. The highest BCUT2D eigenvalue weighted by molar-refractivity contribution is 5.66. The van der Waals surface area contributed by atoms with Crippen molar-refractivity contribution in [3.63, 3.8) is 0 Å². The van der Waals surface area contributed by atoms with Gasteiger partial charge in [-0.1, -0.05) is 10.2 Å². The summed E-state index contributed by atoms with van der Waals surface area (Å²) in [6.07, 6.45) is 3.45. The van der Waals surface area contributed by atoms with E-state index in [9.17, 15) is 0 Å². The predicted molar refractivity (Wildman–Crippen MR) is 153 cm³/mol. The highest BCUT2D eigenvalue weighted by atomic mass is 15.4. The van der Waals surface area contributed by atoms with E-state index in [0.717, 1.165) is 48.7 Å². The van der Waals surface area contributed by atoms with Gasteiger partial charge in [-0.15, -0.1) is 9.36 Å². The zero-order valence-electron chi connectivity index (χ0n) is 24.7. The molecular formula is C28H38N12+2. The molecule has 1 aliphatic rings. The summed E-state index contributed by atoms with van der Waals surface area (Å²) >= 11 is 0. The average molecular weight is 543 g/mol. The van der Waals surface area contributed by atoms with Crippen LogP contribution in [0, 0.1) is 27.7 Å². The number of azo groups is 2. The first-order valence-electron chi connectivity index (χ1n) is 13.4. The topological polar surface area (TPSA) is 99.3 Å². The monoisotopic (exact) mass is 542 g/mol. The van der Waals surface area contributed by atoms with Gasteiger partial charge >= 0.3 is 11.9 Å². The minimum atomic E-state index is 0.696. The Balaban J connectivity index is 1.28. The molecule has 0 unspecified atom stereocenters. The lowest BCUT2D eigenvalue weighted by Gasteiger charge is -2.39. The van der Waals surface area contributed by atoms with Gasteiger partial charge in [0.15, 0.2) is 0 Å². The first-order valence-corrected chi connectivity index (χ1v) is 13.4. The van der Waals surface area contributed by atoms with E-state index in [1.54, 1.807) is 22.0 Å². The van der Waals surface area contributed by atoms with E-state index in [-0.39, 0.29) is 0 Å². The molecule has 2 aromatic carbocycles. The van der Waals surface area contributed by atoms with Gasteiger partial charge in [0.1, 0.15) is 11.4 Å². The van der Waals surface area contributed by atoms with Crippen LogP contribution in [0.15, 0.2) is 57.4 Å². The van der Waals surface area contributed by atoms with E-state index in [1.807, 2.05) is 37.3 Å². The second-order valence-electron chi connectivity index (χ2n) is 10.6. The summed E-state index contributed by atoms with van der Waals surface area (Å²) in [5.74, 6) is 1.39. The molecule has 0 bridgehead atoms. The molecule has 12 heteroatoms. The van der Waals surface area contributed by atoms with Gasteiger partial charge < -0.3 is 9.80 Å². The minimum absolute atomic E-state index is 0.696. The average Bonchev–Trinajstić information content (AvgIpc) is 3.43. The van der Waals surface area contributed by atoms with Crippen LogP contribution in [0.1, 0.15) is 22.3 Å². The lowest BCUT2D eigenvalue weighted by molar-refractivity contribution is -0.659. The van der Waals surface area contributed by atoms with E-state index < -0.39 is 0 Å². The predicted octanol–water partition coefficient (Wildman–Crippen LogP) is 4.19. The Bertz CT molecular complexity index is 1440. The van der Waals surface area contributed by atoms with Crippen LogP contribution in [0.5, 0.6) is 0 Å². The third kappa shape index (κ3) is 5.33. The lowest BCUT2D eigenvalue weighted by Crippen LogP contribution is -2.47. The number of hydrogen-bond acceptors (Lipinski definition) is 8. The summed E-state index contributed by atoms with van der Waals surface area (Å²) in [5, 5.41) is 26.3. The first-order chi connectivity index (χ1) is 19.1. The molecule has 4 aromatic rings. The number of aryl methyl sites for hydroxylation is 8. The molecule has 2 aromatic heterocycles. The molecule has 0 atom stereocenters. The SMILES string of the molecule is Cc1cc(N2CCN(c3cc(C)c(N=Nc4n(C)nc[n+]4C)cc3C)CC2)c(C)cc1N=Nc1n(C)nc[n+]1C. The number of aromatic nitrogens is 6. The molecule has 208 valence electrons. The maximum atomic E-state index is 4.53. The smallest absolute Gasteiger partial charge is 0.368 e. The maximum Gasteiger partial charge on any atom is 0.403 e. The summed E-state index contributed by atoms with van der Waals surface area (Å²) in [6.45, 7) is 12.3. The van der Waals surface area contributed by atoms with Crippen molar-refractivity contribution in [3.8, 4) is 0 Å². The van der Waals surface area contributed by atoms with Crippen LogP contribution in [-0.2, 0) is 28.2 Å². The molecule has 40 heavy (non-hydrogen) atoms. The van der Waals surface area contributed by atoms with Crippen LogP contribution in [-0.4, -0.2) is 45.7 Å². The fourth-order valence-corrected chi connectivity index (χ4v) is 5.10. The van der Waals surface area contributed by atoms with Crippen molar-refractivity contribution in [2.45, 2.75) is 27.7 Å². The van der Waals surface area contributed by atoms with Crippen molar-refractivity contribution in [2.75, 3.05) is 36.0 Å². The summed E-state index contributed by atoms with van der Waals surface area (Å²) in [6, 6.07) is 8.73. The van der Waals surface area contributed by atoms with Crippen molar-refractivity contribution < 1.29 is 9.13 Å². The molecule has 0 spiro atoms. The first kappa shape index (κ1) is 27.1. The maximum absolute atomic E-state index is 4.53. The fourth-order valence-electron chi connectivity index (χ4n) is 5.10. The van der Waals surface area contributed by atoms with Crippen LogP contribution in [0.25, 0.3) is 0 Å². The van der Waals surface area contributed by atoms with Crippen molar-refractivity contribution in [1.82, 2.24) is 19.6 Å². The molecular weight excluding hydrogens is 504 g/mol. The van der Waals surface area contributed by atoms with Crippen molar-refractivity contribution in [3.05, 3.63) is 59.2 Å². The fraction of sp³-hybridized carbons (Fsp3) is 0.429. The number of benzene rings is 2. The Morgan fingerprint density at radius 2 is 0.950 bits per heavy atom. The Morgan fingerprint density at radius 3 is 1.27 bits per heavy atom. The number of piperazine rings is 1. The van der Waals surface area contributed by atoms with Crippen LogP contribution >= 0.6 is 0 Å². The van der Waals surface area contributed by atoms with Crippen LogP contribution in [0.3, 0.4) is 0 Å². The van der Waals surface area contributed by atoms with E-state index in [2.05, 4.69) is 92.4 Å². The van der Waals surface area contributed by atoms with Gasteiger partial charge in [0.05, 0.1) is 28.2 Å². The minimum Gasteiger partial charge on any atom is -0.368 e. The number of anilines is 2. The van der Waals surface area contributed by atoms with Gasteiger partial charge in [0, 0.05) is 47.8 Å². The Labute approximate surface area is 234 Å². The van der Waals surface area contributed by atoms with E-state index in [1.165, 1.54) is 22.5 Å². The molecule has 0 saturated carbocycles. The van der Waals surface area contributed by atoms with Gasteiger partial charge in [0.25, 0.3) is 0 Å². The van der Waals surface area contributed by atoms with Crippen molar-refractivity contribution in [1.29, 1.82) is 0 Å². The third-order valence-corrected chi connectivity index (χ3v) is 7.49. The van der Waals surface area contributed by atoms with Gasteiger partial charge in [-0.05, 0) is 84.4 Å². The number of hydrogen-bond donors (Lipinski definition) is 0. The van der Waals surface area contributed by atoms with E-state index >= 15 is 0 Å². The van der Waals surface area contributed by atoms with Crippen LogP contribution < -0.4 is 18.9 Å². The molecule has 1 fully saturated rings. The molecule has 0 amide bonds. The quantitative estimate of drug-likeness (QED) is 0.269. The second-order valence-corrected chi connectivity index (χ2v) is 10.6. The highest BCUT2D eigenvalue weighted by Crippen LogP contribution is 2.33. The molecule has 1 aliphatic heterocycles. The molecule has 3 heterocycles. The lowest BCUT2D eigenvalue weighted by atomic mass is 10.1. The zero-order chi connectivity index (χ0) is 28.6. The van der Waals surface area contributed by atoms with Gasteiger partial charge in [-0.3, -0.25) is 0 Å². The van der Waals surface area contributed by atoms with Gasteiger partial charge in [-0.25, -0.2) is 9.13 Å². The van der Waals surface area contributed by atoms with Crippen LogP contribution in [0.2, 0.25) is 0 Å². The summed E-state index contributed by atoms with van der Waals surface area (Å²) < 4.78 is 7.12. The molecule has 0 aliphatic carbocycles. The number of rotatable bonds is 6. The highest BCUT2D eigenvalue weighted by Gasteiger charge is 2.22. The van der Waals surface area contributed by atoms with Crippen molar-refractivity contribution >= 4 is 34.6 Å². The molecule has 5 rings (SSSR count). The molecule has 1 saturated heterocycles. The normalized spacial score (nSPS) is 14.3. The molecule has 12 nitrogen and oxygen atoms in total. The summed E-state index contributed by atoms with van der Waals surface area (Å²) in [7, 11) is 7.55. The summed E-state index contributed by atoms with van der Waals surface area (Å²) in [4.78, 5) is 4.94. The Kier molecular flexibility index (Phi) is 7.42. The Morgan fingerprint density at radius 1 is 0.575 bits per heavy atom. The van der Waals surface area contributed by atoms with E-state index in [4.69, 9.17) is 0 Å². The summed E-state index contributed by atoms with van der Waals surface area (Å²) in [5.41, 5.74) is 8.88. The largest absolute Gasteiger partial charge is 0.403 e. The zero-order valence-corrected chi connectivity index (χ0v) is 24.7.